The number of carbonyl (C=O) groups excluding carboxylic acids is 1. The maximum Gasteiger partial charge on any atom is 0.269 e. The van der Waals surface area contributed by atoms with Gasteiger partial charge in [-0.05, 0) is 60.9 Å². The number of hydrogen-bond acceptors (Lipinski definition) is 7. The highest BCUT2D eigenvalue weighted by Crippen LogP contribution is 2.37. The van der Waals surface area contributed by atoms with E-state index in [1.807, 2.05) is 25.1 Å². The Labute approximate surface area is 221 Å². The van der Waals surface area contributed by atoms with Crippen molar-refractivity contribution in [3.63, 3.8) is 0 Å². The van der Waals surface area contributed by atoms with Crippen LogP contribution < -0.4 is 10.6 Å². The number of amides is 1. The van der Waals surface area contributed by atoms with Crippen LogP contribution in [-0.2, 0) is 10.5 Å². The van der Waals surface area contributed by atoms with Gasteiger partial charge >= 0.3 is 0 Å². The number of fused-ring (bicyclic) bond motifs is 1. The largest absolute Gasteiger partial charge is 0.328 e. The van der Waals surface area contributed by atoms with Crippen LogP contribution in [0.4, 0.5) is 21.7 Å². The SMILES string of the molecule is CC1=C(C(=O)Nc2cccc(C)c2)C(c2ccc([N+](=O)[O-])cc2)n2nc(SCc3ccccc3F)nc2N1. The molecule has 4 aromatic rings. The van der Waals surface area contributed by atoms with Gasteiger partial charge < -0.3 is 10.6 Å². The molecule has 5 rings (SSSR count). The number of allylic oxidation sites excluding steroid dienone is 1. The monoisotopic (exact) mass is 530 g/mol. The number of anilines is 2. The molecule has 0 saturated heterocycles. The average Bonchev–Trinajstić information content (AvgIpc) is 3.29. The van der Waals surface area contributed by atoms with Crippen molar-refractivity contribution in [2.45, 2.75) is 30.8 Å². The highest BCUT2D eigenvalue weighted by Gasteiger charge is 2.34. The maximum absolute atomic E-state index is 14.1. The lowest BCUT2D eigenvalue weighted by Gasteiger charge is -2.28. The number of carbonyl (C=O) groups is 1. The molecule has 2 heterocycles. The second kappa shape index (κ2) is 10.5. The Morgan fingerprint density at radius 2 is 1.89 bits per heavy atom. The summed E-state index contributed by atoms with van der Waals surface area (Å²) < 4.78 is 15.7. The van der Waals surface area contributed by atoms with Crippen molar-refractivity contribution in [2.75, 3.05) is 10.6 Å². The van der Waals surface area contributed by atoms with Crippen molar-refractivity contribution in [2.24, 2.45) is 0 Å². The number of nitro groups is 1. The van der Waals surface area contributed by atoms with Gasteiger partial charge in [-0.25, -0.2) is 9.07 Å². The highest BCUT2D eigenvalue weighted by molar-refractivity contribution is 7.98. The summed E-state index contributed by atoms with van der Waals surface area (Å²) in [5.41, 5.74) is 3.70. The Morgan fingerprint density at radius 1 is 1.13 bits per heavy atom. The first kappa shape index (κ1) is 25.2. The van der Waals surface area contributed by atoms with E-state index >= 15 is 0 Å². The zero-order valence-corrected chi connectivity index (χ0v) is 21.3. The van der Waals surface area contributed by atoms with E-state index < -0.39 is 11.0 Å². The van der Waals surface area contributed by atoms with Gasteiger partial charge in [0, 0.05) is 29.3 Å². The van der Waals surface area contributed by atoms with Gasteiger partial charge in [0.1, 0.15) is 11.9 Å². The fourth-order valence-corrected chi connectivity index (χ4v) is 5.07. The van der Waals surface area contributed by atoms with E-state index in [9.17, 15) is 19.3 Å². The standard InChI is InChI=1S/C27H23FN6O3S/c1-16-6-5-8-20(14-16)30-25(35)23-17(2)29-26-31-27(38-15-19-7-3-4-9-22(19)28)32-33(26)24(23)18-10-12-21(13-11-18)34(36)37/h3-14,24H,15H2,1-2H3,(H,30,35)(H,29,31,32). The first-order valence-electron chi connectivity index (χ1n) is 11.7. The van der Waals surface area contributed by atoms with E-state index in [2.05, 4.69) is 20.7 Å². The quantitative estimate of drug-likeness (QED) is 0.175. The van der Waals surface area contributed by atoms with Gasteiger partial charge in [0.25, 0.3) is 11.6 Å². The molecule has 11 heteroatoms. The van der Waals surface area contributed by atoms with Crippen molar-refractivity contribution < 1.29 is 14.1 Å². The summed E-state index contributed by atoms with van der Waals surface area (Å²) in [6, 6.07) is 19.3. The summed E-state index contributed by atoms with van der Waals surface area (Å²) in [6.45, 7) is 3.71. The smallest absolute Gasteiger partial charge is 0.269 e. The van der Waals surface area contributed by atoms with E-state index in [0.717, 1.165) is 5.56 Å². The van der Waals surface area contributed by atoms with Crippen LogP contribution in [0.1, 0.15) is 29.7 Å². The van der Waals surface area contributed by atoms with Crippen LogP contribution >= 0.6 is 11.8 Å². The minimum Gasteiger partial charge on any atom is -0.328 e. The first-order valence-corrected chi connectivity index (χ1v) is 12.7. The summed E-state index contributed by atoms with van der Waals surface area (Å²) in [7, 11) is 0. The van der Waals surface area contributed by atoms with Gasteiger partial charge in [-0.2, -0.15) is 4.98 Å². The lowest BCUT2D eigenvalue weighted by molar-refractivity contribution is -0.384. The van der Waals surface area contributed by atoms with Gasteiger partial charge in [-0.3, -0.25) is 14.9 Å². The minimum absolute atomic E-state index is 0.0610. The Balaban J connectivity index is 1.51. The van der Waals surface area contributed by atoms with Crippen molar-refractivity contribution in [1.82, 2.24) is 14.8 Å². The molecule has 1 aliphatic heterocycles. The third-order valence-corrected chi connectivity index (χ3v) is 6.97. The van der Waals surface area contributed by atoms with E-state index in [1.165, 1.54) is 30.0 Å². The molecule has 2 N–H and O–H groups in total. The van der Waals surface area contributed by atoms with Crippen molar-refractivity contribution in [3.8, 4) is 0 Å². The maximum atomic E-state index is 14.1. The second-order valence-corrected chi connectivity index (χ2v) is 9.72. The molecular weight excluding hydrogens is 507 g/mol. The molecule has 38 heavy (non-hydrogen) atoms. The first-order chi connectivity index (χ1) is 18.3. The van der Waals surface area contributed by atoms with Crippen molar-refractivity contribution in [1.29, 1.82) is 0 Å². The molecule has 1 atom stereocenters. The van der Waals surface area contributed by atoms with E-state index in [4.69, 9.17) is 0 Å². The molecule has 9 nitrogen and oxygen atoms in total. The Kier molecular flexibility index (Phi) is 6.93. The molecule has 1 aliphatic rings. The normalized spacial score (nSPS) is 14.6. The van der Waals surface area contributed by atoms with Crippen LogP contribution in [0.2, 0.25) is 0 Å². The molecule has 192 valence electrons. The summed E-state index contributed by atoms with van der Waals surface area (Å²) >= 11 is 1.27. The second-order valence-electron chi connectivity index (χ2n) is 8.78. The molecule has 1 unspecified atom stereocenters. The zero-order valence-electron chi connectivity index (χ0n) is 20.5. The van der Waals surface area contributed by atoms with Crippen LogP contribution in [0.25, 0.3) is 0 Å². The van der Waals surface area contributed by atoms with Gasteiger partial charge in [0.15, 0.2) is 0 Å². The Hall–Kier alpha value is -4.51. The number of thioether (sulfide) groups is 1. The number of halogens is 1. The Morgan fingerprint density at radius 3 is 2.61 bits per heavy atom. The number of rotatable bonds is 7. The van der Waals surface area contributed by atoms with Crippen LogP contribution in [-0.4, -0.2) is 25.6 Å². The summed E-state index contributed by atoms with van der Waals surface area (Å²) in [5.74, 6) is 0.0870. The van der Waals surface area contributed by atoms with E-state index in [1.54, 1.807) is 48.0 Å². The number of aromatic nitrogens is 3. The Bertz CT molecular complexity index is 1570. The summed E-state index contributed by atoms with van der Waals surface area (Å²) in [6.07, 6.45) is 0. The van der Waals surface area contributed by atoms with Gasteiger partial charge in [-0.15, -0.1) is 5.10 Å². The number of non-ortho nitro benzene ring substituents is 1. The number of benzene rings is 3. The third-order valence-electron chi connectivity index (χ3n) is 6.09. The lowest BCUT2D eigenvalue weighted by atomic mass is 9.95. The predicted octanol–water partition coefficient (Wildman–Crippen LogP) is 5.85. The predicted molar refractivity (Wildman–Crippen MR) is 143 cm³/mol. The molecule has 0 fully saturated rings. The van der Waals surface area contributed by atoms with Crippen LogP contribution in [0.5, 0.6) is 0 Å². The minimum atomic E-state index is -0.702. The topological polar surface area (TPSA) is 115 Å². The fraction of sp³-hybridized carbons (Fsp3) is 0.148. The van der Waals surface area contributed by atoms with Crippen LogP contribution in [0.3, 0.4) is 0 Å². The van der Waals surface area contributed by atoms with Gasteiger partial charge in [-0.1, -0.05) is 42.1 Å². The third kappa shape index (κ3) is 5.14. The number of hydrogen-bond donors (Lipinski definition) is 2. The lowest BCUT2D eigenvalue weighted by Crippen LogP contribution is -2.31. The molecule has 0 radical (unpaired) electrons. The molecule has 3 aromatic carbocycles. The molecule has 0 spiro atoms. The molecule has 1 aromatic heterocycles. The van der Waals surface area contributed by atoms with Crippen LogP contribution in [0, 0.1) is 22.9 Å². The van der Waals surface area contributed by atoms with Gasteiger partial charge in [0.2, 0.25) is 11.1 Å². The molecular formula is C27H23FN6O3S. The molecule has 0 saturated carbocycles. The zero-order chi connectivity index (χ0) is 26.8. The van der Waals surface area contributed by atoms with Gasteiger partial charge in [0.05, 0.1) is 10.5 Å². The molecule has 1 amide bonds. The van der Waals surface area contributed by atoms with Crippen LogP contribution in [0.15, 0.2) is 89.2 Å². The summed E-state index contributed by atoms with van der Waals surface area (Å²) in [4.78, 5) is 28.9. The average molecular weight is 531 g/mol. The van der Waals surface area contributed by atoms with Crippen molar-refractivity contribution in [3.05, 3.63) is 117 Å². The molecule has 0 bridgehead atoms. The molecule has 0 aliphatic carbocycles. The number of nitro benzene ring substituents is 1. The number of nitrogens with zero attached hydrogens (tertiary/aromatic N) is 4. The number of aryl methyl sites for hydroxylation is 1. The van der Waals surface area contributed by atoms with E-state index in [-0.39, 0.29) is 17.4 Å². The number of nitrogens with one attached hydrogen (secondary N) is 2. The summed E-state index contributed by atoms with van der Waals surface area (Å²) in [5, 5.41) is 22.4. The van der Waals surface area contributed by atoms with Crippen molar-refractivity contribution >= 4 is 35.0 Å². The van der Waals surface area contributed by atoms with E-state index in [0.29, 0.717) is 44.9 Å². The fourth-order valence-electron chi connectivity index (χ4n) is 4.25. The highest BCUT2D eigenvalue weighted by atomic mass is 32.2.